The molecule has 34 heavy (non-hydrogen) atoms. The van der Waals surface area contributed by atoms with Crippen molar-refractivity contribution in [2.75, 3.05) is 10.2 Å². The molecule has 1 N–H and O–H groups in total. The number of imide groups is 1. The number of carbonyl (C=O) groups is 3. The number of rotatable bonds is 4. The van der Waals surface area contributed by atoms with Crippen molar-refractivity contribution in [3.05, 3.63) is 95.1 Å². The normalized spacial score (nSPS) is 21.9. The highest BCUT2D eigenvalue weighted by Crippen LogP contribution is 2.45. The molecule has 3 aromatic carbocycles. The van der Waals surface area contributed by atoms with Gasteiger partial charge in [0.15, 0.2) is 0 Å². The van der Waals surface area contributed by atoms with Crippen molar-refractivity contribution in [2.24, 2.45) is 11.8 Å². The number of nitrogens with zero attached hydrogens (tertiary/aromatic N) is 1. The molecule has 1 saturated heterocycles. The van der Waals surface area contributed by atoms with Gasteiger partial charge in [0.1, 0.15) is 0 Å². The van der Waals surface area contributed by atoms with Crippen LogP contribution in [0, 0.1) is 25.7 Å². The van der Waals surface area contributed by atoms with E-state index in [2.05, 4.69) is 17.4 Å². The molecule has 3 atom stereocenters. The van der Waals surface area contributed by atoms with E-state index in [1.165, 1.54) is 10.5 Å². The van der Waals surface area contributed by atoms with Gasteiger partial charge in [-0.05, 0) is 73.9 Å². The van der Waals surface area contributed by atoms with Crippen molar-refractivity contribution < 1.29 is 14.4 Å². The second kappa shape index (κ2) is 8.90. The van der Waals surface area contributed by atoms with Crippen LogP contribution in [0.5, 0.6) is 0 Å². The summed E-state index contributed by atoms with van der Waals surface area (Å²) in [6.07, 6.45) is 2.29. The Morgan fingerprint density at radius 2 is 1.50 bits per heavy atom. The summed E-state index contributed by atoms with van der Waals surface area (Å²) >= 11 is 0. The van der Waals surface area contributed by atoms with Crippen molar-refractivity contribution in [2.45, 2.75) is 39.0 Å². The minimum absolute atomic E-state index is 0.145. The molecule has 3 amide bonds. The highest BCUT2D eigenvalue weighted by Gasteiger charge is 2.50. The van der Waals surface area contributed by atoms with Gasteiger partial charge < -0.3 is 5.32 Å². The maximum absolute atomic E-state index is 13.4. The fourth-order valence-electron chi connectivity index (χ4n) is 5.45. The average Bonchev–Trinajstić information content (AvgIpc) is 3.11. The summed E-state index contributed by atoms with van der Waals surface area (Å²) in [6, 6.07) is 22.9. The van der Waals surface area contributed by atoms with Crippen molar-refractivity contribution in [3.8, 4) is 0 Å². The third-order valence-corrected chi connectivity index (χ3v) is 7.28. The Kier molecular flexibility index (Phi) is 5.78. The molecule has 5 nitrogen and oxygen atoms in total. The molecule has 0 bridgehead atoms. The van der Waals surface area contributed by atoms with E-state index in [1.807, 2.05) is 50.2 Å². The Morgan fingerprint density at radius 1 is 0.824 bits per heavy atom. The lowest BCUT2D eigenvalue weighted by Gasteiger charge is -2.28. The zero-order chi connectivity index (χ0) is 23.8. The third-order valence-electron chi connectivity index (χ3n) is 7.28. The molecule has 2 aliphatic rings. The molecule has 1 saturated carbocycles. The van der Waals surface area contributed by atoms with E-state index in [-0.39, 0.29) is 35.5 Å². The lowest BCUT2D eigenvalue weighted by molar-refractivity contribution is -0.122. The summed E-state index contributed by atoms with van der Waals surface area (Å²) in [5.74, 6) is -0.858. The molecule has 172 valence electrons. The van der Waals surface area contributed by atoms with Gasteiger partial charge in [-0.2, -0.15) is 0 Å². The zero-order valence-electron chi connectivity index (χ0n) is 19.5. The quantitative estimate of drug-likeness (QED) is 0.522. The molecule has 0 spiro atoms. The number of benzene rings is 3. The molecule has 0 aromatic heterocycles. The van der Waals surface area contributed by atoms with Crippen LogP contribution < -0.4 is 10.2 Å². The molecule has 3 aromatic rings. The summed E-state index contributed by atoms with van der Waals surface area (Å²) in [6.45, 7) is 3.90. The van der Waals surface area contributed by atoms with Gasteiger partial charge in [-0.3, -0.25) is 19.3 Å². The average molecular weight is 453 g/mol. The van der Waals surface area contributed by atoms with E-state index < -0.39 is 0 Å². The molecule has 1 aliphatic carbocycles. The monoisotopic (exact) mass is 452 g/mol. The van der Waals surface area contributed by atoms with Gasteiger partial charge >= 0.3 is 0 Å². The van der Waals surface area contributed by atoms with E-state index in [0.717, 1.165) is 23.2 Å². The molecule has 1 aliphatic heterocycles. The number of aryl methyl sites for hydroxylation is 2. The van der Waals surface area contributed by atoms with Gasteiger partial charge in [-0.15, -0.1) is 0 Å². The SMILES string of the molecule is Cc1cccc(C)c1NC(=O)c1cccc(N2C(=O)[C@@H]3CC[C@@H](c4ccccc4)C[C@H]3C2=O)c1. The molecule has 0 unspecified atom stereocenters. The lowest BCUT2D eigenvalue weighted by atomic mass is 9.73. The maximum Gasteiger partial charge on any atom is 0.255 e. The minimum atomic E-state index is -0.307. The van der Waals surface area contributed by atoms with Crippen molar-refractivity contribution >= 4 is 29.1 Å². The number of hydrogen-bond donors (Lipinski definition) is 1. The molecular weight excluding hydrogens is 424 g/mol. The summed E-state index contributed by atoms with van der Waals surface area (Å²) in [5.41, 5.74) is 4.85. The Labute approximate surface area is 199 Å². The lowest BCUT2D eigenvalue weighted by Crippen LogP contribution is -2.31. The zero-order valence-corrected chi connectivity index (χ0v) is 19.5. The Balaban J connectivity index is 1.37. The van der Waals surface area contributed by atoms with Gasteiger partial charge in [0, 0.05) is 11.3 Å². The van der Waals surface area contributed by atoms with E-state index in [1.54, 1.807) is 24.3 Å². The number of anilines is 2. The van der Waals surface area contributed by atoms with Gasteiger partial charge in [0.05, 0.1) is 17.5 Å². The number of hydrogen-bond acceptors (Lipinski definition) is 3. The largest absolute Gasteiger partial charge is 0.322 e. The minimum Gasteiger partial charge on any atom is -0.322 e. The van der Waals surface area contributed by atoms with Crippen LogP contribution in [0.3, 0.4) is 0 Å². The topological polar surface area (TPSA) is 66.5 Å². The molecule has 2 fully saturated rings. The van der Waals surface area contributed by atoms with E-state index in [9.17, 15) is 14.4 Å². The standard InChI is InChI=1S/C29H28N2O3/c1-18-8-6-9-19(2)26(18)30-27(32)22-12-7-13-23(16-22)31-28(33)24-15-14-21(17-25(24)29(31)34)20-10-4-3-5-11-20/h3-13,16,21,24-25H,14-15,17H2,1-2H3,(H,30,32)/t21-,24-,25-/m1/s1. The predicted octanol–water partition coefficient (Wildman–Crippen LogP) is 5.63. The molecule has 5 rings (SSSR count). The maximum atomic E-state index is 13.4. The van der Waals surface area contributed by atoms with Crippen LogP contribution in [0.2, 0.25) is 0 Å². The first-order valence-electron chi connectivity index (χ1n) is 11.8. The predicted molar refractivity (Wildman–Crippen MR) is 133 cm³/mol. The van der Waals surface area contributed by atoms with Crippen LogP contribution >= 0.6 is 0 Å². The Bertz CT molecular complexity index is 1250. The number of fused-ring (bicyclic) bond motifs is 1. The van der Waals surface area contributed by atoms with Crippen LogP contribution in [0.25, 0.3) is 0 Å². The third kappa shape index (κ3) is 3.92. The Morgan fingerprint density at radius 3 is 2.24 bits per heavy atom. The van der Waals surface area contributed by atoms with E-state index in [4.69, 9.17) is 0 Å². The van der Waals surface area contributed by atoms with Crippen molar-refractivity contribution in [3.63, 3.8) is 0 Å². The van der Waals surface area contributed by atoms with Gasteiger partial charge in [-0.1, -0.05) is 54.6 Å². The molecular formula is C29H28N2O3. The first-order chi connectivity index (χ1) is 16.4. The van der Waals surface area contributed by atoms with Crippen LogP contribution in [0.15, 0.2) is 72.8 Å². The van der Waals surface area contributed by atoms with Crippen LogP contribution in [-0.2, 0) is 9.59 Å². The fraction of sp³-hybridized carbons (Fsp3) is 0.276. The van der Waals surface area contributed by atoms with Crippen LogP contribution in [0.1, 0.15) is 52.2 Å². The molecule has 5 heteroatoms. The van der Waals surface area contributed by atoms with Crippen molar-refractivity contribution in [1.82, 2.24) is 0 Å². The van der Waals surface area contributed by atoms with Crippen LogP contribution in [-0.4, -0.2) is 17.7 Å². The number of carbonyl (C=O) groups excluding carboxylic acids is 3. The summed E-state index contributed by atoms with van der Waals surface area (Å²) < 4.78 is 0. The van der Waals surface area contributed by atoms with Gasteiger partial charge in [0.2, 0.25) is 11.8 Å². The number of amides is 3. The highest BCUT2D eigenvalue weighted by molar-refractivity contribution is 6.22. The molecule has 1 heterocycles. The summed E-state index contributed by atoms with van der Waals surface area (Å²) in [7, 11) is 0. The Hall–Kier alpha value is -3.73. The summed E-state index contributed by atoms with van der Waals surface area (Å²) in [4.78, 5) is 41.0. The second-order valence-electron chi connectivity index (χ2n) is 9.42. The van der Waals surface area contributed by atoms with Gasteiger partial charge in [-0.25, -0.2) is 0 Å². The smallest absolute Gasteiger partial charge is 0.255 e. The van der Waals surface area contributed by atoms with Crippen molar-refractivity contribution in [1.29, 1.82) is 0 Å². The summed E-state index contributed by atoms with van der Waals surface area (Å²) in [5, 5.41) is 2.98. The molecule has 0 radical (unpaired) electrons. The van der Waals surface area contributed by atoms with E-state index >= 15 is 0 Å². The highest BCUT2D eigenvalue weighted by atomic mass is 16.2. The number of para-hydroxylation sites is 1. The fourth-order valence-corrected chi connectivity index (χ4v) is 5.45. The van der Waals surface area contributed by atoms with Gasteiger partial charge in [0.25, 0.3) is 5.91 Å². The van der Waals surface area contributed by atoms with E-state index in [0.29, 0.717) is 24.1 Å². The van der Waals surface area contributed by atoms with Crippen LogP contribution in [0.4, 0.5) is 11.4 Å². The second-order valence-corrected chi connectivity index (χ2v) is 9.42. The first-order valence-corrected chi connectivity index (χ1v) is 11.8. The number of nitrogens with one attached hydrogen (secondary N) is 1. The first kappa shape index (κ1) is 22.1.